The van der Waals surface area contributed by atoms with Crippen LogP contribution in [0.2, 0.25) is 0 Å². The normalized spacial score (nSPS) is 17.3. The summed E-state index contributed by atoms with van der Waals surface area (Å²) in [6.07, 6.45) is 1.56. The van der Waals surface area contributed by atoms with E-state index in [1.807, 2.05) is 0 Å². The number of nitro benzene ring substituents is 1. The molecule has 1 aliphatic rings. The molecular weight excluding hydrogens is 317 g/mol. The Hall–Kier alpha value is -2.06. The summed E-state index contributed by atoms with van der Waals surface area (Å²) in [5.74, 6) is -0.829. The van der Waals surface area contributed by atoms with Crippen LogP contribution in [-0.2, 0) is 16.0 Å². The molecule has 2 N–H and O–H groups in total. The quantitative estimate of drug-likeness (QED) is 0.573. The minimum absolute atomic E-state index is 0.0747. The van der Waals surface area contributed by atoms with Crippen molar-refractivity contribution < 1.29 is 18.8 Å². The maximum Gasteiger partial charge on any atom is 0.293 e. The molecule has 0 aliphatic carbocycles. The van der Waals surface area contributed by atoms with Gasteiger partial charge in [-0.3, -0.25) is 14.9 Å². The average Bonchev–Trinajstić information content (AvgIpc) is 3.02. The predicted molar refractivity (Wildman–Crippen MR) is 87.7 cm³/mol. The molecule has 1 heterocycles. The summed E-state index contributed by atoms with van der Waals surface area (Å²) in [5, 5.41) is 11.4. The van der Waals surface area contributed by atoms with Crippen molar-refractivity contribution in [3.8, 4) is 0 Å². The van der Waals surface area contributed by atoms with Gasteiger partial charge in [0, 0.05) is 50.7 Å². The smallest absolute Gasteiger partial charge is 0.293 e. The first-order chi connectivity index (χ1) is 11.5. The molecule has 0 aromatic heterocycles. The van der Waals surface area contributed by atoms with Gasteiger partial charge in [-0.1, -0.05) is 0 Å². The number of nitrogens with zero attached hydrogens (tertiary/aromatic N) is 2. The zero-order valence-electron chi connectivity index (χ0n) is 13.7. The number of nitrogens with two attached hydrogens (primary N) is 1. The van der Waals surface area contributed by atoms with E-state index in [9.17, 15) is 19.3 Å². The fourth-order valence-electron chi connectivity index (χ4n) is 3.11. The third-order valence-corrected chi connectivity index (χ3v) is 4.30. The highest BCUT2D eigenvalue weighted by Gasteiger charge is 2.33. The molecule has 1 aromatic carbocycles. The Labute approximate surface area is 139 Å². The second-order valence-corrected chi connectivity index (χ2v) is 5.83. The zero-order valence-corrected chi connectivity index (χ0v) is 13.7. The summed E-state index contributed by atoms with van der Waals surface area (Å²) in [6, 6.07) is 2.12. The molecule has 0 bridgehead atoms. The van der Waals surface area contributed by atoms with Crippen LogP contribution in [0.15, 0.2) is 12.1 Å². The maximum absolute atomic E-state index is 14.4. The summed E-state index contributed by atoms with van der Waals surface area (Å²) in [7, 11) is 1.47. The molecule has 0 unspecified atom stereocenters. The molecule has 0 radical (unpaired) electrons. The van der Waals surface area contributed by atoms with Crippen LogP contribution in [0.3, 0.4) is 0 Å². The Kier molecular flexibility index (Phi) is 6.22. The molecule has 1 aliphatic heterocycles. The lowest BCUT2D eigenvalue weighted by Gasteiger charge is -2.27. The van der Waals surface area contributed by atoms with Crippen molar-refractivity contribution in [2.24, 2.45) is 5.73 Å². The van der Waals surface area contributed by atoms with Crippen LogP contribution in [-0.4, -0.2) is 43.6 Å². The monoisotopic (exact) mass is 339 g/mol. The largest absolute Gasteiger partial charge is 0.384 e. The maximum atomic E-state index is 14.4. The highest BCUT2D eigenvalue weighted by atomic mass is 19.1. The van der Waals surface area contributed by atoms with E-state index in [2.05, 4.69) is 0 Å². The topological polar surface area (TPSA) is 98.7 Å². The number of halogens is 1. The zero-order chi connectivity index (χ0) is 17.7. The van der Waals surface area contributed by atoms with E-state index < -0.39 is 10.7 Å². The number of anilines is 1. The molecule has 132 valence electrons. The Morgan fingerprint density at radius 1 is 1.54 bits per heavy atom. The minimum Gasteiger partial charge on any atom is -0.384 e. The van der Waals surface area contributed by atoms with Gasteiger partial charge in [-0.05, 0) is 18.9 Å². The summed E-state index contributed by atoms with van der Waals surface area (Å²) in [4.78, 5) is 24.7. The Bertz CT molecular complexity index is 624. The lowest BCUT2D eigenvalue weighted by molar-refractivity contribution is -0.384. The van der Waals surface area contributed by atoms with Gasteiger partial charge in [0.05, 0.1) is 11.5 Å². The van der Waals surface area contributed by atoms with Crippen LogP contribution >= 0.6 is 0 Å². The number of carbonyl (C=O) groups excluding carboxylic acids is 1. The number of Topliss-reactive ketones (excluding diaryl/α,β-unsaturated/α-hetero) is 1. The number of methoxy groups -OCH3 is 1. The number of ketones is 1. The van der Waals surface area contributed by atoms with Gasteiger partial charge in [-0.25, -0.2) is 4.39 Å². The summed E-state index contributed by atoms with van der Waals surface area (Å²) < 4.78 is 19.3. The Morgan fingerprint density at radius 2 is 2.29 bits per heavy atom. The van der Waals surface area contributed by atoms with E-state index in [1.54, 1.807) is 4.90 Å². The molecule has 1 aromatic rings. The highest BCUT2D eigenvalue weighted by Crippen LogP contribution is 2.38. The molecule has 0 spiro atoms. The average molecular weight is 339 g/mol. The fraction of sp³-hybridized carbons (Fsp3) is 0.562. The number of ether oxygens (including phenoxy) is 1. The van der Waals surface area contributed by atoms with Crippen LogP contribution in [0.5, 0.6) is 0 Å². The van der Waals surface area contributed by atoms with Gasteiger partial charge in [0.15, 0.2) is 0 Å². The first-order valence-corrected chi connectivity index (χ1v) is 7.92. The van der Waals surface area contributed by atoms with Gasteiger partial charge in [-0.2, -0.15) is 0 Å². The second-order valence-electron chi connectivity index (χ2n) is 5.83. The van der Waals surface area contributed by atoms with Crippen molar-refractivity contribution >= 4 is 17.2 Å². The van der Waals surface area contributed by atoms with Crippen molar-refractivity contribution in [1.82, 2.24) is 0 Å². The summed E-state index contributed by atoms with van der Waals surface area (Å²) >= 11 is 0. The van der Waals surface area contributed by atoms with E-state index in [4.69, 9.17) is 10.5 Å². The molecule has 8 heteroatoms. The van der Waals surface area contributed by atoms with Gasteiger partial charge in [0.1, 0.15) is 17.3 Å². The number of hydrogen-bond donors (Lipinski definition) is 1. The fourth-order valence-corrected chi connectivity index (χ4v) is 3.11. The molecule has 0 saturated carbocycles. The van der Waals surface area contributed by atoms with Gasteiger partial charge in [0.25, 0.3) is 5.69 Å². The summed E-state index contributed by atoms with van der Waals surface area (Å²) in [6.45, 7) is 1.12. The number of rotatable bonds is 8. The van der Waals surface area contributed by atoms with E-state index >= 15 is 0 Å². The van der Waals surface area contributed by atoms with Crippen molar-refractivity contribution in [2.45, 2.75) is 31.7 Å². The van der Waals surface area contributed by atoms with E-state index in [0.29, 0.717) is 13.1 Å². The molecule has 0 amide bonds. The van der Waals surface area contributed by atoms with Gasteiger partial charge >= 0.3 is 0 Å². The van der Waals surface area contributed by atoms with Gasteiger partial charge < -0.3 is 15.4 Å². The van der Waals surface area contributed by atoms with Crippen LogP contribution in [0.4, 0.5) is 15.8 Å². The van der Waals surface area contributed by atoms with Crippen molar-refractivity contribution in [3.05, 3.63) is 33.6 Å². The first kappa shape index (κ1) is 18.3. The molecule has 1 saturated heterocycles. The molecular formula is C16H22FN3O4. The first-order valence-electron chi connectivity index (χ1n) is 7.92. The second kappa shape index (κ2) is 8.16. The van der Waals surface area contributed by atoms with Crippen LogP contribution < -0.4 is 10.6 Å². The van der Waals surface area contributed by atoms with Crippen LogP contribution in [0, 0.1) is 15.9 Å². The lowest BCUT2D eigenvalue weighted by Crippen LogP contribution is -2.36. The van der Waals surface area contributed by atoms with E-state index in [1.165, 1.54) is 7.11 Å². The van der Waals surface area contributed by atoms with Crippen molar-refractivity contribution in [2.75, 3.05) is 31.7 Å². The van der Waals surface area contributed by atoms with Crippen molar-refractivity contribution in [1.29, 1.82) is 0 Å². The van der Waals surface area contributed by atoms with Gasteiger partial charge in [-0.15, -0.1) is 0 Å². The molecule has 1 fully saturated rings. The number of hydrogen-bond acceptors (Lipinski definition) is 6. The number of nitro groups is 1. The van der Waals surface area contributed by atoms with Crippen molar-refractivity contribution in [3.63, 3.8) is 0 Å². The third-order valence-electron chi connectivity index (χ3n) is 4.30. The molecule has 7 nitrogen and oxygen atoms in total. The SMILES string of the molecule is COCCC(=O)Cc1c(F)ccc([N+](=O)[O-])c1N1CCC[C@H]1CN. The number of carbonyl (C=O) groups is 1. The third kappa shape index (κ3) is 3.88. The van der Waals surface area contributed by atoms with E-state index in [-0.39, 0.29) is 48.2 Å². The summed E-state index contributed by atoms with van der Waals surface area (Å²) in [5.41, 5.74) is 5.83. The molecule has 24 heavy (non-hydrogen) atoms. The van der Waals surface area contributed by atoms with E-state index in [0.717, 1.165) is 25.0 Å². The van der Waals surface area contributed by atoms with Crippen LogP contribution in [0.1, 0.15) is 24.8 Å². The Balaban J connectivity index is 2.45. The lowest BCUT2D eigenvalue weighted by atomic mass is 10.0. The number of benzene rings is 1. The predicted octanol–water partition coefficient (Wildman–Crippen LogP) is 1.81. The highest BCUT2D eigenvalue weighted by molar-refractivity contribution is 5.84. The van der Waals surface area contributed by atoms with Crippen LogP contribution in [0.25, 0.3) is 0 Å². The standard InChI is InChI=1S/C16H22FN3O4/c1-24-8-6-12(21)9-13-14(17)4-5-15(20(22)23)16(13)19-7-2-3-11(19)10-18/h4-5,11H,2-3,6-10,18H2,1H3/t11-/m0/s1. The Morgan fingerprint density at radius 3 is 2.92 bits per heavy atom. The minimum atomic E-state index is -0.607. The van der Waals surface area contributed by atoms with Gasteiger partial charge in [0.2, 0.25) is 0 Å². The molecule has 1 atom stereocenters. The molecule has 2 rings (SSSR count).